The number of nitrogens with two attached hydrogens (primary N) is 2. The Labute approximate surface area is 326 Å². The van der Waals surface area contributed by atoms with Crippen LogP contribution in [-0.4, -0.2) is 15.4 Å². The average molecular weight is 725 g/mol. The van der Waals surface area contributed by atoms with Gasteiger partial charge in [0, 0.05) is 57.8 Å². The number of anilines is 3. The highest BCUT2D eigenvalue weighted by molar-refractivity contribution is 6.19. The van der Waals surface area contributed by atoms with Gasteiger partial charge in [0.05, 0.1) is 29.0 Å². The number of pyridine rings is 1. The lowest BCUT2D eigenvalue weighted by Crippen LogP contribution is -2.13. The molecular formula is C50H40N6. The molecule has 3 heterocycles. The lowest BCUT2D eigenvalue weighted by atomic mass is 9.94. The summed E-state index contributed by atoms with van der Waals surface area (Å²) in [5.41, 5.74) is 26.4. The summed E-state index contributed by atoms with van der Waals surface area (Å²) in [6.45, 7) is 1.14. The van der Waals surface area contributed by atoms with Crippen molar-refractivity contribution < 1.29 is 0 Å². The van der Waals surface area contributed by atoms with E-state index >= 15 is 0 Å². The fraction of sp³-hybridized carbons (Fsp3) is 0.0400. The summed E-state index contributed by atoms with van der Waals surface area (Å²) in [5, 5.41) is 2.26. The molecule has 0 saturated carbocycles. The number of hydrogen-bond donors (Lipinski definition) is 2. The SMILES string of the molecule is NC(=NCc1ccc(-n2c3ccncc3c3ccc4c(c32)N(c2ccccc2)c2ccccc2-c2ccccc2-4)cc1)c1ccccc1.NCc1ccccc1. The largest absolute Gasteiger partial charge is 0.383 e. The Morgan fingerprint density at radius 1 is 0.536 bits per heavy atom. The summed E-state index contributed by atoms with van der Waals surface area (Å²) in [7, 11) is 0. The van der Waals surface area contributed by atoms with E-state index in [9.17, 15) is 0 Å². The molecule has 1 aliphatic heterocycles. The highest BCUT2D eigenvalue weighted by Crippen LogP contribution is 2.54. The second-order valence-electron chi connectivity index (χ2n) is 13.7. The maximum Gasteiger partial charge on any atom is 0.125 e. The number of hydrogen-bond acceptors (Lipinski definition) is 4. The van der Waals surface area contributed by atoms with Crippen LogP contribution in [-0.2, 0) is 13.1 Å². The zero-order valence-corrected chi connectivity index (χ0v) is 30.8. The molecule has 0 saturated heterocycles. The number of fused-ring (bicyclic) bond motifs is 9. The van der Waals surface area contributed by atoms with Crippen LogP contribution < -0.4 is 16.4 Å². The zero-order valence-electron chi connectivity index (χ0n) is 30.8. The van der Waals surface area contributed by atoms with Crippen LogP contribution in [0.2, 0.25) is 0 Å². The molecular weight excluding hydrogens is 685 g/mol. The van der Waals surface area contributed by atoms with Crippen molar-refractivity contribution in [2.45, 2.75) is 13.1 Å². The fourth-order valence-corrected chi connectivity index (χ4v) is 7.70. The van der Waals surface area contributed by atoms with Gasteiger partial charge in [-0.15, -0.1) is 0 Å². The molecule has 7 aromatic carbocycles. The minimum absolute atomic E-state index is 0.503. The van der Waals surface area contributed by atoms with E-state index in [-0.39, 0.29) is 0 Å². The summed E-state index contributed by atoms with van der Waals surface area (Å²) in [4.78, 5) is 11.7. The van der Waals surface area contributed by atoms with Crippen molar-refractivity contribution in [1.29, 1.82) is 0 Å². The molecule has 6 nitrogen and oxygen atoms in total. The van der Waals surface area contributed by atoms with Crippen LogP contribution >= 0.6 is 0 Å². The highest BCUT2D eigenvalue weighted by atomic mass is 15.2. The van der Waals surface area contributed by atoms with Gasteiger partial charge in [0.1, 0.15) is 5.84 Å². The Balaban J connectivity index is 0.000000459. The Hall–Kier alpha value is -7.28. The summed E-state index contributed by atoms with van der Waals surface area (Å²) in [6, 6.07) is 63.4. The van der Waals surface area contributed by atoms with Crippen LogP contribution in [0.25, 0.3) is 49.7 Å². The number of aromatic nitrogens is 2. The van der Waals surface area contributed by atoms with Crippen LogP contribution in [0, 0.1) is 0 Å². The standard InChI is InChI=1S/C43H31N5.C7H9N/c44-43(30-11-3-1-4-12-30)46-27-29-19-21-32(22-20-29)48-40-25-26-45-28-38(40)37-24-23-36-34-16-8-7-15-33(34)35-17-9-10-18-39(35)47(41(36)42(37)48)31-13-5-2-6-14-31;8-6-7-4-2-1-3-5-7/h1-26,28H,27H2,(H2,44,46);1-5H,6,8H2. The van der Waals surface area contributed by atoms with E-state index in [0.717, 1.165) is 55.7 Å². The number of benzene rings is 7. The molecule has 9 aromatic rings. The van der Waals surface area contributed by atoms with Crippen molar-refractivity contribution in [3.8, 4) is 27.9 Å². The van der Waals surface area contributed by atoms with Crippen LogP contribution in [0.4, 0.5) is 17.1 Å². The highest BCUT2D eigenvalue weighted by Gasteiger charge is 2.30. The first-order valence-electron chi connectivity index (χ1n) is 18.8. The Kier molecular flexibility index (Phi) is 9.37. The molecule has 0 aliphatic carbocycles. The third kappa shape index (κ3) is 6.38. The van der Waals surface area contributed by atoms with Crippen molar-refractivity contribution in [2.24, 2.45) is 16.5 Å². The molecule has 0 amide bonds. The molecule has 56 heavy (non-hydrogen) atoms. The molecule has 270 valence electrons. The normalized spacial score (nSPS) is 11.9. The molecule has 0 fully saturated rings. The number of nitrogens with zero attached hydrogens (tertiary/aromatic N) is 4. The zero-order chi connectivity index (χ0) is 37.8. The average Bonchev–Trinajstić information content (AvgIpc) is 3.55. The van der Waals surface area contributed by atoms with Gasteiger partial charge >= 0.3 is 0 Å². The molecule has 0 atom stereocenters. The van der Waals surface area contributed by atoms with Crippen molar-refractivity contribution in [2.75, 3.05) is 4.90 Å². The molecule has 0 spiro atoms. The van der Waals surface area contributed by atoms with Gasteiger partial charge in [0.15, 0.2) is 0 Å². The first-order chi connectivity index (χ1) is 27.7. The van der Waals surface area contributed by atoms with Crippen molar-refractivity contribution in [3.05, 3.63) is 211 Å². The minimum atomic E-state index is 0.503. The number of para-hydroxylation sites is 2. The van der Waals surface area contributed by atoms with Crippen LogP contribution in [0.1, 0.15) is 16.7 Å². The molecule has 0 radical (unpaired) electrons. The van der Waals surface area contributed by atoms with Crippen LogP contribution in [0.3, 0.4) is 0 Å². The summed E-state index contributed by atoms with van der Waals surface area (Å²) >= 11 is 0. The van der Waals surface area contributed by atoms with Gasteiger partial charge in [-0.3, -0.25) is 9.98 Å². The van der Waals surface area contributed by atoms with E-state index in [1.165, 1.54) is 27.8 Å². The van der Waals surface area contributed by atoms with Gasteiger partial charge in [0.2, 0.25) is 0 Å². The van der Waals surface area contributed by atoms with E-state index in [1.54, 1.807) is 0 Å². The smallest absolute Gasteiger partial charge is 0.125 e. The van der Waals surface area contributed by atoms with E-state index in [2.05, 4.69) is 141 Å². The Morgan fingerprint density at radius 2 is 1.16 bits per heavy atom. The van der Waals surface area contributed by atoms with Gasteiger partial charge in [-0.1, -0.05) is 146 Å². The van der Waals surface area contributed by atoms with Crippen molar-refractivity contribution in [1.82, 2.24) is 9.55 Å². The maximum atomic E-state index is 6.32. The van der Waals surface area contributed by atoms with Gasteiger partial charge in [0.25, 0.3) is 0 Å². The van der Waals surface area contributed by atoms with Gasteiger partial charge in [-0.2, -0.15) is 0 Å². The fourth-order valence-electron chi connectivity index (χ4n) is 7.70. The minimum Gasteiger partial charge on any atom is -0.383 e. The molecule has 0 unspecified atom stereocenters. The van der Waals surface area contributed by atoms with Gasteiger partial charge < -0.3 is 20.9 Å². The van der Waals surface area contributed by atoms with E-state index < -0.39 is 0 Å². The molecule has 6 heteroatoms. The van der Waals surface area contributed by atoms with E-state index in [4.69, 9.17) is 11.5 Å². The number of aliphatic imine (C=N–C) groups is 1. The van der Waals surface area contributed by atoms with Crippen molar-refractivity contribution >= 4 is 44.7 Å². The summed E-state index contributed by atoms with van der Waals surface area (Å²) in [5.74, 6) is 0.541. The second kappa shape index (κ2) is 15.2. The van der Waals surface area contributed by atoms with Crippen LogP contribution in [0.15, 0.2) is 199 Å². The quantitative estimate of drug-likeness (QED) is 0.132. The van der Waals surface area contributed by atoms with E-state index in [0.29, 0.717) is 18.9 Å². The first kappa shape index (κ1) is 34.5. The molecule has 10 rings (SSSR count). The lowest BCUT2D eigenvalue weighted by Gasteiger charge is -2.28. The summed E-state index contributed by atoms with van der Waals surface area (Å²) < 4.78 is 2.39. The van der Waals surface area contributed by atoms with Crippen molar-refractivity contribution in [3.63, 3.8) is 0 Å². The Bertz CT molecular complexity index is 2810. The number of amidine groups is 1. The molecule has 4 N–H and O–H groups in total. The first-order valence-corrected chi connectivity index (χ1v) is 18.8. The third-order valence-corrected chi connectivity index (χ3v) is 10.4. The van der Waals surface area contributed by atoms with Gasteiger partial charge in [-0.05, 0) is 58.7 Å². The predicted octanol–water partition coefficient (Wildman–Crippen LogP) is 11.3. The second-order valence-corrected chi connectivity index (χ2v) is 13.7. The lowest BCUT2D eigenvalue weighted by molar-refractivity contribution is 1.05. The molecule has 0 bridgehead atoms. The summed E-state index contributed by atoms with van der Waals surface area (Å²) in [6.07, 6.45) is 3.87. The molecule has 1 aliphatic rings. The number of rotatable bonds is 6. The van der Waals surface area contributed by atoms with Gasteiger partial charge in [-0.25, -0.2) is 0 Å². The maximum absolute atomic E-state index is 6.32. The third-order valence-electron chi connectivity index (χ3n) is 10.4. The van der Waals surface area contributed by atoms with Crippen LogP contribution in [0.5, 0.6) is 0 Å². The van der Waals surface area contributed by atoms with E-state index in [1.807, 2.05) is 73.1 Å². The predicted molar refractivity (Wildman–Crippen MR) is 233 cm³/mol. The monoisotopic (exact) mass is 724 g/mol. The molecule has 2 aromatic heterocycles. The topological polar surface area (TPSA) is 85.5 Å². The Morgan fingerprint density at radius 3 is 1.86 bits per heavy atom.